The molecule has 17 heavy (non-hydrogen) atoms. The molecule has 1 aromatic rings. The van der Waals surface area contributed by atoms with E-state index in [1.165, 1.54) is 0 Å². The molecule has 0 radical (unpaired) electrons. The Bertz CT molecular complexity index is 592. The van der Waals surface area contributed by atoms with Crippen molar-refractivity contribution >= 4 is 15.7 Å². The van der Waals surface area contributed by atoms with Crippen molar-refractivity contribution in [3.05, 3.63) is 28.4 Å². The van der Waals surface area contributed by atoms with Gasteiger partial charge in [-0.15, -0.1) is 0 Å². The Kier molecular flexibility index (Phi) is 2.97. The summed E-state index contributed by atoms with van der Waals surface area (Å²) < 4.78 is 22.4. The van der Waals surface area contributed by atoms with Crippen molar-refractivity contribution in [2.45, 2.75) is 12.5 Å². The van der Waals surface area contributed by atoms with E-state index in [-0.39, 0.29) is 17.2 Å². The first-order valence-electron chi connectivity index (χ1n) is 5.02. The lowest BCUT2D eigenvalue weighted by molar-refractivity contribution is 0.0936. The Balaban J connectivity index is 2.06. The monoisotopic (exact) mass is 257 g/mol. The summed E-state index contributed by atoms with van der Waals surface area (Å²) in [6.07, 6.45) is 1.53. The van der Waals surface area contributed by atoms with Crippen molar-refractivity contribution in [2.75, 3.05) is 11.5 Å². The third-order valence-electron chi connectivity index (χ3n) is 2.48. The zero-order chi connectivity index (χ0) is 12.5. The van der Waals surface area contributed by atoms with Gasteiger partial charge in [0.15, 0.2) is 9.84 Å². The van der Waals surface area contributed by atoms with Gasteiger partial charge in [0, 0.05) is 12.1 Å². The predicted molar refractivity (Wildman–Crippen MR) is 59.4 cm³/mol. The normalized spacial score (nSPS) is 22.2. The van der Waals surface area contributed by atoms with Crippen molar-refractivity contribution in [3.63, 3.8) is 0 Å². The molecule has 1 aliphatic heterocycles. The fraction of sp³-hybridized carbons (Fsp3) is 0.444. The van der Waals surface area contributed by atoms with Gasteiger partial charge in [0.05, 0.1) is 17.8 Å². The van der Waals surface area contributed by atoms with Crippen molar-refractivity contribution in [1.82, 2.24) is 15.3 Å². The highest BCUT2D eigenvalue weighted by molar-refractivity contribution is 7.91. The van der Waals surface area contributed by atoms with E-state index in [4.69, 9.17) is 0 Å². The van der Waals surface area contributed by atoms with Gasteiger partial charge in [-0.05, 0) is 6.42 Å². The molecule has 0 spiro atoms. The number of aromatic amines is 1. The molecule has 2 heterocycles. The zero-order valence-corrected chi connectivity index (χ0v) is 9.66. The van der Waals surface area contributed by atoms with E-state index < -0.39 is 27.3 Å². The molecule has 0 unspecified atom stereocenters. The SMILES string of the molecule is O=C(N[C@H]1CCS(=O)(=O)C1)c1cc(=O)[nH]cn1. The zero-order valence-electron chi connectivity index (χ0n) is 8.84. The summed E-state index contributed by atoms with van der Waals surface area (Å²) >= 11 is 0. The minimum atomic E-state index is -3.03. The van der Waals surface area contributed by atoms with Gasteiger partial charge >= 0.3 is 0 Å². The van der Waals surface area contributed by atoms with Crippen LogP contribution in [0.3, 0.4) is 0 Å². The van der Waals surface area contributed by atoms with Crippen LogP contribution in [0.5, 0.6) is 0 Å². The van der Waals surface area contributed by atoms with Crippen molar-refractivity contribution in [2.24, 2.45) is 0 Å². The van der Waals surface area contributed by atoms with Crippen molar-refractivity contribution < 1.29 is 13.2 Å². The van der Waals surface area contributed by atoms with E-state index in [9.17, 15) is 18.0 Å². The van der Waals surface area contributed by atoms with Crippen molar-refractivity contribution in [3.8, 4) is 0 Å². The van der Waals surface area contributed by atoms with E-state index >= 15 is 0 Å². The van der Waals surface area contributed by atoms with Crippen LogP contribution >= 0.6 is 0 Å². The van der Waals surface area contributed by atoms with E-state index in [0.29, 0.717) is 6.42 Å². The third kappa shape index (κ3) is 2.90. The number of aromatic nitrogens is 2. The fourth-order valence-electron chi connectivity index (χ4n) is 1.66. The second-order valence-electron chi connectivity index (χ2n) is 3.87. The molecule has 0 aliphatic carbocycles. The van der Waals surface area contributed by atoms with Crippen LogP contribution in [0.15, 0.2) is 17.2 Å². The van der Waals surface area contributed by atoms with Gasteiger partial charge in [-0.1, -0.05) is 0 Å². The number of amides is 1. The van der Waals surface area contributed by atoms with E-state index in [0.717, 1.165) is 12.4 Å². The molecule has 0 bridgehead atoms. The number of carbonyl (C=O) groups is 1. The molecule has 7 nitrogen and oxygen atoms in total. The maximum Gasteiger partial charge on any atom is 0.270 e. The Morgan fingerprint density at radius 3 is 2.88 bits per heavy atom. The summed E-state index contributed by atoms with van der Waals surface area (Å²) in [6, 6.07) is 0.673. The second-order valence-corrected chi connectivity index (χ2v) is 6.10. The highest BCUT2D eigenvalue weighted by atomic mass is 32.2. The molecule has 1 fully saturated rings. The lowest BCUT2D eigenvalue weighted by atomic mass is 10.2. The average Bonchev–Trinajstić information content (AvgIpc) is 2.58. The standard InChI is InChI=1S/C9H11N3O4S/c13-8-3-7(10-5-11-8)9(14)12-6-1-2-17(15,16)4-6/h3,5-6H,1-2,4H2,(H,12,14)(H,10,11,13)/t6-/m0/s1. The fourth-order valence-corrected chi connectivity index (χ4v) is 3.33. The molecule has 1 aromatic heterocycles. The quantitative estimate of drug-likeness (QED) is 0.683. The first-order chi connectivity index (χ1) is 7.96. The first-order valence-corrected chi connectivity index (χ1v) is 6.84. The Labute approximate surface area is 97.2 Å². The molecule has 8 heteroatoms. The number of hydrogen-bond acceptors (Lipinski definition) is 5. The summed E-state index contributed by atoms with van der Waals surface area (Å²) in [4.78, 5) is 28.6. The second kappa shape index (κ2) is 4.28. The van der Waals surface area contributed by atoms with Crippen LogP contribution in [0.2, 0.25) is 0 Å². The summed E-state index contributed by atoms with van der Waals surface area (Å²) in [5.41, 5.74) is -0.442. The van der Waals surface area contributed by atoms with Gasteiger partial charge in [0.25, 0.3) is 11.5 Å². The molecule has 2 N–H and O–H groups in total. The number of nitrogens with zero attached hydrogens (tertiary/aromatic N) is 1. The summed E-state index contributed by atoms with van der Waals surface area (Å²) in [5, 5.41) is 2.54. The van der Waals surface area contributed by atoms with Crippen LogP contribution in [0.4, 0.5) is 0 Å². The molecular formula is C9H11N3O4S. The summed E-state index contributed by atoms with van der Waals surface area (Å²) in [7, 11) is -3.03. The molecule has 1 atom stereocenters. The molecule has 0 aromatic carbocycles. The van der Waals surface area contributed by atoms with Crippen molar-refractivity contribution in [1.29, 1.82) is 0 Å². The van der Waals surface area contributed by atoms with E-state index in [1.807, 2.05) is 0 Å². The van der Waals surface area contributed by atoms with Crippen LogP contribution < -0.4 is 10.9 Å². The highest BCUT2D eigenvalue weighted by Crippen LogP contribution is 2.11. The molecule has 2 rings (SSSR count). The van der Waals surface area contributed by atoms with Gasteiger partial charge in [-0.2, -0.15) is 0 Å². The molecule has 0 saturated carbocycles. The first kappa shape index (κ1) is 11.8. The van der Waals surface area contributed by atoms with Gasteiger partial charge in [0.2, 0.25) is 0 Å². The largest absolute Gasteiger partial charge is 0.347 e. The topological polar surface area (TPSA) is 109 Å². The molecule has 1 amide bonds. The maximum absolute atomic E-state index is 11.6. The van der Waals surface area contributed by atoms with E-state index in [2.05, 4.69) is 15.3 Å². The van der Waals surface area contributed by atoms with Gasteiger partial charge < -0.3 is 10.3 Å². The Hall–Kier alpha value is -1.70. The smallest absolute Gasteiger partial charge is 0.270 e. The van der Waals surface area contributed by atoms with Crippen LogP contribution in [-0.4, -0.2) is 41.8 Å². The molecular weight excluding hydrogens is 246 g/mol. The van der Waals surface area contributed by atoms with Gasteiger partial charge in [-0.3, -0.25) is 9.59 Å². The number of hydrogen-bond donors (Lipinski definition) is 2. The minimum absolute atomic E-state index is 0.0157. The maximum atomic E-state index is 11.6. The van der Waals surface area contributed by atoms with Crippen LogP contribution in [0, 0.1) is 0 Å². The number of carbonyl (C=O) groups excluding carboxylic acids is 1. The van der Waals surface area contributed by atoms with Crippen LogP contribution in [0.25, 0.3) is 0 Å². The average molecular weight is 257 g/mol. The number of sulfone groups is 1. The Morgan fingerprint density at radius 1 is 1.53 bits per heavy atom. The Morgan fingerprint density at radius 2 is 2.29 bits per heavy atom. The summed E-state index contributed by atoms with van der Waals surface area (Å²) in [5.74, 6) is -0.499. The van der Waals surface area contributed by atoms with Crippen LogP contribution in [0.1, 0.15) is 16.9 Å². The lowest BCUT2D eigenvalue weighted by Crippen LogP contribution is -2.36. The molecule has 92 valence electrons. The minimum Gasteiger partial charge on any atom is -0.347 e. The summed E-state index contributed by atoms with van der Waals surface area (Å²) in [6.45, 7) is 0. The third-order valence-corrected chi connectivity index (χ3v) is 4.25. The number of H-pyrrole nitrogens is 1. The van der Waals surface area contributed by atoms with E-state index in [1.54, 1.807) is 0 Å². The predicted octanol–water partition coefficient (Wildman–Crippen LogP) is -1.31. The number of nitrogens with one attached hydrogen (secondary N) is 2. The molecule has 1 aliphatic rings. The van der Waals surface area contributed by atoms with Gasteiger partial charge in [-0.25, -0.2) is 13.4 Å². The highest BCUT2D eigenvalue weighted by Gasteiger charge is 2.29. The lowest BCUT2D eigenvalue weighted by Gasteiger charge is -2.09. The van der Waals surface area contributed by atoms with Crippen LogP contribution in [-0.2, 0) is 9.84 Å². The van der Waals surface area contributed by atoms with Gasteiger partial charge in [0.1, 0.15) is 5.69 Å². The number of rotatable bonds is 2. The molecule has 1 saturated heterocycles.